The van der Waals surface area contributed by atoms with E-state index in [1.54, 1.807) is 22.4 Å². The van der Waals surface area contributed by atoms with E-state index in [2.05, 4.69) is 63.9 Å². The van der Waals surface area contributed by atoms with Crippen LogP contribution in [0.5, 0.6) is 0 Å². The first kappa shape index (κ1) is 21.2. The fraction of sp³-hybridized carbons (Fsp3) is 0.269. The number of benzene rings is 2. The molecule has 0 bridgehead atoms. The van der Waals surface area contributed by atoms with E-state index in [-0.39, 0.29) is 5.91 Å². The van der Waals surface area contributed by atoms with Gasteiger partial charge in [0.1, 0.15) is 0 Å². The number of thiazole rings is 1. The number of carbonyl (C=O) groups is 1. The van der Waals surface area contributed by atoms with Gasteiger partial charge in [-0.05, 0) is 74.6 Å². The van der Waals surface area contributed by atoms with Gasteiger partial charge in [0.2, 0.25) is 5.91 Å². The zero-order valence-electron chi connectivity index (χ0n) is 18.7. The van der Waals surface area contributed by atoms with Gasteiger partial charge in [-0.25, -0.2) is 4.98 Å². The number of nitrogens with zero attached hydrogens (tertiary/aromatic N) is 3. The second-order valence-corrected chi connectivity index (χ2v) is 9.21. The van der Waals surface area contributed by atoms with Gasteiger partial charge in [0.25, 0.3) is 0 Å². The predicted octanol–water partition coefficient (Wildman–Crippen LogP) is 6.01. The Morgan fingerprint density at radius 1 is 0.935 bits per heavy atom. The summed E-state index contributed by atoms with van der Waals surface area (Å²) in [5.41, 5.74) is 8.74. The van der Waals surface area contributed by atoms with Gasteiger partial charge in [-0.1, -0.05) is 47.2 Å². The fourth-order valence-corrected chi connectivity index (χ4v) is 5.14. The van der Waals surface area contributed by atoms with Crippen molar-refractivity contribution in [2.24, 2.45) is 0 Å². The molecule has 4 rings (SSSR count). The minimum absolute atomic E-state index is 0.0371. The lowest BCUT2D eigenvalue weighted by molar-refractivity contribution is -0.118. The number of pyridine rings is 1. The van der Waals surface area contributed by atoms with Crippen LogP contribution in [0.3, 0.4) is 0 Å². The Bertz CT molecular complexity index is 1200. The number of anilines is 1. The molecule has 158 valence electrons. The van der Waals surface area contributed by atoms with Gasteiger partial charge < -0.3 is 0 Å². The molecular weight excluding hydrogens is 402 g/mol. The van der Waals surface area contributed by atoms with Crippen LogP contribution in [0.15, 0.2) is 48.7 Å². The predicted molar refractivity (Wildman–Crippen MR) is 129 cm³/mol. The number of fused-ring (bicyclic) bond motifs is 1. The number of aryl methyl sites for hydroxylation is 5. The molecule has 0 radical (unpaired) electrons. The molecular formula is C26H27N3OS. The van der Waals surface area contributed by atoms with Crippen molar-refractivity contribution in [1.29, 1.82) is 0 Å². The zero-order valence-corrected chi connectivity index (χ0v) is 19.5. The summed E-state index contributed by atoms with van der Waals surface area (Å²) < 4.78 is 1.14. The third kappa shape index (κ3) is 4.37. The maximum atomic E-state index is 13.6. The Morgan fingerprint density at radius 3 is 2.29 bits per heavy atom. The summed E-state index contributed by atoms with van der Waals surface area (Å²) >= 11 is 1.58. The molecule has 0 aliphatic heterocycles. The minimum Gasteiger partial charge on any atom is -0.282 e. The number of hydrogen-bond donors (Lipinski definition) is 0. The first-order chi connectivity index (χ1) is 14.8. The molecule has 2 heterocycles. The van der Waals surface area contributed by atoms with E-state index in [0.29, 0.717) is 13.0 Å². The van der Waals surface area contributed by atoms with Gasteiger partial charge in [-0.3, -0.25) is 14.7 Å². The van der Waals surface area contributed by atoms with Crippen molar-refractivity contribution in [3.63, 3.8) is 0 Å². The number of rotatable bonds is 5. The molecule has 2 aromatic carbocycles. The average Bonchev–Trinajstić information content (AvgIpc) is 3.19. The Labute approximate surface area is 187 Å². The molecule has 31 heavy (non-hydrogen) atoms. The van der Waals surface area contributed by atoms with Crippen molar-refractivity contribution in [3.05, 3.63) is 87.7 Å². The average molecular weight is 430 g/mol. The van der Waals surface area contributed by atoms with Crippen LogP contribution in [0.4, 0.5) is 5.13 Å². The molecule has 0 saturated heterocycles. The lowest BCUT2D eigenvalue weighted by Crippen LogP contribution is -2.32. The van der Waals surface area contributed by atoms with E-state index >= 15 is 0 Å². The van der Waals surface area contributed by atoms with Crippen LogP contribution in [0, 0.1) is 34.6 Å². The van der Waals surface area contributed by atoms with Crippen LogP contribution in [-0.4, -0.2) is 15.9 Å². The standard InChI is InChI=1S/C26H27N3OS/c1-16-12-19(4)22(20(5)13-16)14-23(30)29(15-21-8-6-7-11-27-21)26-28-24-17(2)9-10-18(3)25(24)31-26/h6-13H,14-15H2,1-5H3. The first-order valence-corrected chi connectivity index (χ1v) is 11.3. The van der Waals surface area contributed by atoms with Gasteiger partial charge in [0.05, 0.1) is 28.9 Å². The molecule has 0 atom stereocenters. The zero-order chi connectivity index (χ0) is 22.1. The molecule has 1 amide bonds. The van der Waals surface area contributed by atoms with Crippen LogP contribution >= 0.6 is 11.3 Å². The highest BCUT2D eigenvalue weighted by Gasteiger charge is 2.23. The van der Waals surface area contributed by atoms with Gasteiger partial charge in [-0.15, -0.1) is 0 Å². The summed E-state index contributed by atoms with van der Waals surface area (Å²) in [4.78, 5) is 24.8. The molecule has 0 N–H and O–H groups in total. The monoisotopic (exact) mass is 429 g/mol. The van der Waals surface area contributed by atoms with Gasteiger partial charge in [-0.2, -0.15) is 0 Å². The number of carbonyl (C=O) groups excluding carboxylic acids is 1. The molecule has 0 aliphatic rings. The third-order valence-corrected chi connectivity index (χ3v) is 6.89. The van der Waals surface area contributed by atoms with Crippen LogP contribution in [0.25, 0.3) is 10.2 Å². The minimum atomic E-state index is 0.0371. The second-order valence-electron chi connectivity index (χ2n) is 8.23. The van der Waals surface area contributed by atoms with Crippen molar-refractivity contribution in [2.45, 2.75) is 47.6 Å². The molecule has 0 aliphatic carbocycles. The number of aromatic nitrogens is 2. The molecule has 4 nitrogen and oxygen atoms in total. The SMILES string of the molecule is Cc1cc(C)c(CC(=O)N(Cc2ccccn2)c2nc3c(C)ccc(C)c3s2)c(C)c1. The van der Waals surface area contributed by atoms with E-state index in [1.807, 2.05) is 18.2 Å². The number of amides is 1. The van der Waals surface area contributed by atoms with Crippen molar-refractivity contribution < 1.29 is 4.79 Å². The summed E-state index contributed by atoms with van der Waals surface area (Å²) in [6.07, 6.45) is 2.11. The van der Waals surface area contributed by atoms with Crippen molar-refractivity contribution >= 4 is 32.6 Å². The lowest BCUT2D eigenvalue weighted by Gasteiger charge is -2.21. The second kappa shape index (κ2) is 8.60. The van der Waals surface area contributed by atoms with Crippen LogP contribution < -0.4 is 4.90 Å². The molecule has 0 unspecified atom stereocenters. The van der Waals surface area contributed by atoms with E-state index in [0.717, 1.165) is 43.3 Å². The summed E-state index contributed by atoms with van der Waals surface area (Å²) in [6.45, 7) is 10.8. The van der Waals surface area contributed by atoms with Crippen molar-refractivity contribution in [2.75, 3.05) is 4.90 Å². The summed E-state index contributed by atoms with van der Waals surface area (Å²) in [7, 11) is 0. The molecule has 5 heteroatoms. The van der Waals surface area contributed by atoms with Gasteiger partial charge in [0.15, 0.2) is 5.13 Å². The largest absolute Gasteiger partial charge is 0.282 e. The summed E-state index contributed by atoms with van der Waals surface area (Å²) in [6, 6.07) is 14.3. The molecule has 4 aromatic rings. The van der Waals surface area contributed by atoms with Gasteiger partial charge in [0, 0.05) is 6.20 Å². The van der Waals surface area contributed by atoms with E-state index in [4.69, 9.17) is 4.98 Å². The van der Waals surface area contributed by atoms with E-state index < -0.39 is 0 Å². The Kier molecular flexibility index (Phi) is 5.88. The van der Waals surface area contributed by atoms with Gasteiger partial charge >= 0.3 is 0 Å². The van der Waals surface area contributed by atoms with Crippen molar-refractivity contribution in [3.8, 4) is 0 Å². The highest BCUT2D eigenvalue weighted by molar-refractivity contribution is 7.22. The van der Waals surface area contributed by atoms with Crippen molar-refractivity contribution in [1.82, 2.24) is 9.97 Å². The maximum absolute atomic E-state index is 13.6. The smallest absolute Gasteiger partial charge is 0.233 e. The molecule has 0 spiro atoms. The Balaban J connectivity index is 1.75. The first-order valence-electron chi connectivity index (χ1n) is 10.5. The maximum Gasteiger partial charge on any atom is 0.233 e. The van der Waals surface area contributed by atoms with E-state index in [1.165, 1.54) is 11.1 Å². The van der Waals surface area contributed by atoms with Crippen LogP contribution in [0.2, 0.25) is 0 Å². The highest BCUT2D eigenvalue weighted by atomic mass is 32.1. The van der Waals surface area contributed by atoms with Crippen LogP contribution in [-0.2, 0) is 17.8 Å². The summed E-state index contributed by atoms with van der Waals surface area (Å²) in [5.74, 6) is 0.0371. The van der Waals surface area contributed by atoms with Crippen LogP contribution in [0.1, 0.15) is 39.1 Å². The highest BCUT2D eigenvalue weighted by Crippen LogP contribution is 2.34. The Morgan fingerprint density at radius 2 is 1.65 bits per heavy atom. The molecule has 0 saturated carbocycles. The molecule has 0 fully saturated rings. The molecule has 2 aromatic heterocycles. The normalized spacial score (nSPS) is 11.1. The lowest BCUT2D eigenvalue weighted by atomic mass is 9.97. The Hall–Kier alpha value is -3.05. The quantitative estimate of drug-likeness (QED) is 0.390. The fourth-order valence-electron chi connectivity index (χ4n) is 4.01. The number of hydrogen-bond acceptors (Lipinski definition) is 4. The summed E-state index contributed by atoms with van der Waals surface area (Å²) in [5, 5.41) is 0.727. The third-order valence-electron chi connectivity index (χ3n) is 5.68. The van der Waals surface area contributed by atoms with E-state index in [9.17, 15) is 4.79 Å². The topological polar surface area (TPSA) is 46.1 Å².